The van der Waals surface area contributed by atoms with Crippen molar-refractivity contribution in [2.45, 2.75) is 32.8 Å². The highest BCUT2D eigenvalue weighted by molar-refractivity contribution is 7.92. The molecule has 1 N–H and O–H groups in total. The van der Waals surface area contributed by atoms with E-state index < -0.39 is 15.8 Å². The first-order valence-corrected chi connectivity index (χ1v) is 14.1. The average molecular weight is 531 g/mol. The molecule has 1 aromatic heterocycles. The van der Waals surface area contributed by atoms with Crippen molar-refractivity contribution < 1.29 is 17.5 Å². The molecule has 5 nitrogen and oxygen atoms in total. The molecule has 0 saturated carbocycles. The van der Waals surface area contributed by atoms with Gasteiger partial charge in [0.1, 0.15) is 12.4 Å². The second kappa shape index (κ2) is 11.2. The number of hydrogen-bond acceptors (Lipinski definition) is 4. The van der Waals surface area contributed by atoms with Gasteiger partial charge in [0.2, 0.25) is 15.9 Å². The molecule has 0 saturated heterocycles. The Morgan fingerprint density at radius 1 is 0.921 bits per heavy atom. The second-order valence-electron chi connectivity index (χ2n) is 10.2. The maximum absolute atomic E-state index is 14.5. The highest BCUT2D eigenvalue weighted by Crippen LogP contribution is 2.34. The van der Waals surface area contributed by atoms with E-state index >= 15 is 0 Å². The van der Waals surface area contributed by atoms with Gasteiger partial charge in [0.15, 0.2) is 0 Å². The molecule has 0 radical (unpaired) electrons. The fraction of sp³-hybridized carbons (Fsp3) is 0.194. The van der Waals surface area contributed by atoms with Gasteiger partial charge in [-0.15, -0.1) is 0 Å². The third kappa shape index (κ3) is 7.29. The van der Waals surface area contributed by atoms with Crippen molar-refractivity contribution >= 4 is 27.9 Å². The quantitative estimate of drug-likeness (QED) is 0.243. The molecular formula is C31H31FN2O3S. The van der Waals surface area contributed by atoms with E-state index in [9.17, 15) is 12.8 Å². The molecule has 0 bridgehead atoms. The Kier molecular flexibility index (Phi) is 7.97. The predicted octanol–water partition coefficient (Wildman–Crippen LogP) is 7.31. The number of rotatable bonds is 8. The monoisotopic (exact) mass is 530 g/mol. The van der Waals surface area contributed by atoms with Gasteiger partial charge in [0.05, 0.1) is 11.9 Å². The van der Waals surface area contributed by atoms with Crippen LogP contribution in [0.3, 0.4) is 0 Å². The lowest BCUT2D eigenvalue weighted by Crippen LogP contribution is -2.11. The summed E-state index contributed by atoms with van der Waals surface area (Å²) in [4.78, 5) is 4.50. The lowest BCUT2D eigenvalue weighted by molar-refractivity contribution is 0.295. The number of aromatic nitrogens is 1. The Labute approximate surface area is 224 Å². The molecule has 1 heterocycles. The van der Waals surface area contributed by atoms with Gasteiger partial charge < -0.3 is 4.74 Å². The van der Waals surface area contributed by atoms with Crippen LogP contribution in [0.1, 0.15) is 43.0 Å². The molecule has 7 heteroatoms. The molecule has 0 amide bonds. The van der Waals surface area contributed by atoms with Gasteiger partial charge in [-0.05, 0) is 63.6 Å². The van der Waals surface area contributed by atoms with Crippen LogP contribution in [0.25, 0.3) is 23.3 Å². The minimum Gasteiger partial charge on any atom is -0.472 e. The normalized spacial score (nSPS) is 12.0. The first-order chi connectivity index (χ1) is 18.0. The van der Waals surface area contributed by atoms with Gasteiger partial charge in [0.25, 0.3) is 0 Å². The highest BCUT2D eigenvalue weighted by atomic mass is 32.2. The van der Waals surface area contributed by atoms with E-state index in [0.717, 1.165) is 34.1 Å². The van der Waals surface area contributed by atoms with E-state index in [4.69, 9.17) is 4.74 Å². The van der Waals surface area contributed by atoms with Crippen LogP contribution in [0, 0.1) is 5.82 Å². The number of ether oxygens (including phenoxy) is 1. The Bertz CT molecular complexity index is 1560. The maximum atomic E-state index is 14.5. The van der Waals surface area contributed by atoms with E-state index in [0.29, 0.717) is 18.1 Å². The Hall–Kier alpha value is -3.97. The number of pyridine rings is 1. The van der Waals surface area contributed by atoms with Crippen LogP contribution in [0.4, 0.5) is 10.1 Å². The molecule has 4 aromatic rings. The fourth-order valence-corrected chi connectivity index (χ4v) is 4.46. The molecule has 0 unspecified atom stereocenters. The third-order valence-corrected chi connectivity index (χ3v) is 6.47. The molecule has 0 aliphatic heterocycles. The topological polar surface area (TPSA) is 68.3 Å². The summed E-state index contributed by atoms with van der Waals surface area (Å²) < 4.78 is 45.6. The van der Waals surface area contributed by atoms with E-state index in [1.807, 2.05) is 54.6 Å². The number of nitrogens with zero attached hydrogens (tertiary/aromatic N) is 1. The molecule has 196 valence electrons. The number of halogens is 1. The summed E-state index contributed by atoms with van der Waals surface area (Å²) in [6.45, 7) is 6.86. The van der Waals surface area contributed by atoms with Crippen molar-refractivity contribution in [1.29, 1.82) is 0 Å². The van der Waals surface area contributed by atoms with Gasteiger partial charge in [-0.1, -0.05) is 81.5 Å². The van der Waals surface area contributed by atoms with E-state index in [1.165, 1.54) is 12.1 Å². The SMILES string of the molecule is CC(C)(C)c1cc(/C=C/c2ccc(NS(C)(=O)=O)c(F)c2)cc(-c2cccnc2OCc2ccccc2)c1. The predicted molar refractivity (Wildman–Crippen MR) is 153 cm³/mol. The van der Waals surface area contributed by atoms with E-state index in [-0.39, 0.29) is 11.1 Å². The molecule has 3 aromatic carbocycles. The molecular weight excluding hydrogens is 499 g/mol. The van der Waals surface area contributed by atoms with Crippen LogP contribution in [0.15, 0.2) is 85.1 Å². The standard InChI is InChI=1S/C31H31FN2O3S/c1-31(2,3)26-18-24(13-12-22-14-15-29(28(32)19-22)34-38(4,35)36)17-25(20-26)27-11-8-16-33-30(27)37-21-23-9-6-5-7-10-23/h5-20,34H,21H2,1-4H3/b13-12+. The van der Waals surface area contributed by atoms with Crippen LogP contribution in [-0.2, 0) is 22.0 Å². The van der Waals surface area contributed by atoms with Crippen LogP contribution in [0.5, 0.6) is 5.88 Å². The van der Waals surface area contributed by atoms with Crippen LogP contribution < -0.4 is 9.46 Å². The zero-order valence-corrected chi connectivity index (χ0v) is 22.7. The summed E-state index contributed by atoms with van der Waals surface area (Å²) in [6, 6.07) is 24.5. The minimum atomic E-state index is -3.56. The number of nitrogens with one attached hydrogen (secondary N) is 1. The van der Waals surface area contributed by atoms with Gasteiger partial charge >= 0.3 is 0 Å². The zero-order chi connectivity index (χ0) is 27.3. The lowest BCUT2D eigenvalue weighted by Gasteiger charge is -2.21. The number of benzene rings is 3. The van der Waals surface area contributed by atoms with E-state index in [2.05, 4.69) is 42.6 Å². The summed E-state index contributed by atoms with van der Waals surface area (Å²) in [7, 11) is -3.56. The third-order valence-electron chi connectivity index (χ3n) is 5.88. The Morgan fingerprint density at radius 2 is 1.66 bits per heavy atom. The van der Waals surface area contributed by atoms with Crippen molar-refractivity contribution in [2.75, 3.05) is 11.0 Å². The van der Waals surface area contributed by atoms with E-state index in [1.54, 1.807) is 18.3 Å². The number of sulfonamides is 1. The Balaban J connectivity index is 1.67. The molecule has 4 rings (SSSR count). The zero-order valence-electron chi connectivity index (χ0n) is 21.9. The second-order valence-corrected chi connectivity index (χ2v) is 11.9. The lowest BCUT2D eigenvalue weighted by atomic mass is 9.84. The number of hydrogen-bond donors (Lipinski definition) is 1. The summed E-state index contributed by atoms with van der Waals surface area (Å²) in [5.41, 5.74) is 5.38. The van der Waals surface area contributed by atoms with Crippen molar-refractivity contribution in [3.63, 3.8) is 0 Å². The van der Waals surface area contributed by atoms with Gasteiger partial charge in [0, 0.05) is 11.8 Å². The number of anilines is 1. The first-order valence-electron chi connectivity index (χ1n) is 12.2. The molecule has 0 aliphatic rings. The van der Waals surface area contributed by atoms with Crippen molar-refractivity contribution in [1.82, 2.24) is 4.98 Å². The van der Waals surface area contributed by atoms with Gasteiger partial charge in [-0.3, -0.25) is 4.72 Å². The maximum Gasteiger partial charge on any atom is 0.229 e. The van der Waals surface area contributed by atoms with Crippen LogP contribution in [0.2, 0.25) is 0 Å². The van der Waals surface area contributed by atoms with Gasteiger partial charge in [-0.2, -0.15) is 0 Å². The first kappa shape index (κ1) is 27.1. The fourth-order valence-electron chi connectivity index (χ4n) is 3.90. The molecule has 38 heavy (non-hydrogen) atoms. The van der Waals surface area contributed by atoms with Crippen molar-refractivity contribution in [3.8, 4) is 17.0 Å². The largest absolute Gasteiger partial charge is 0.472 e. The highest BCUT2D eigenvalue weighted by Gasteiger charge is 2.17. The van der Waals surface area contributed by atoms with Crippen LogP contribution in [-0.4, -0.2) is 19.7 Å². The minimum absolute atomic E-state index is 0.0822. The molecule has 0 aliphatic carbocycles. The smallest absolute Gasteiger partial charge is 0.229 e. The van der Waals surface area contributed by atoms with Crippen molar-refractivity contribution in [2.24, 2.45) is 0 Å². The average Bonchev–Trinajstić information content (AvgIpc) is 2.87. The summed E-state index contributed by atoms with van der Waals surface area (Å²) in [5.74, 6) is -0.0920. The molecule has 0 atom stereocenters. The summed E-state index contributed by atoms with van der Waals surface area (Å²) >= 11 is 0. The molecule has 0 spiro atoms. The Morgan fingerprint density at radius 3 is 2.34 bits per heavy atom. The van der Waals surface area contributed by atoms with Crippen molar-refractivity contribution in [3.05, 3.63) is 113 Å². The van der Waals surface area contributed by atoms with Crippen LogP contribution >= 0.6 is 0 Å². The molecule has 0 fully saturated rings. The van der Waals surface area contributed by atoms with Gasteiger partial charge in [-0.25, -0.2) is 17.8 Å². The summed E-state index contributed by atoms with van der Waals surface area (Å²) in [5, 5.41) is 0. The summed E-state index contributed by atoms with van der Waals surface area (Å²) in [6.07, 6.45) is 6.42.